The van der Waals surface area contributed by atoms with Crippen molar-refractivity contribution in [2.24, 2.45) is 0 Å². The number of rotatable bonds is 5. The number of thiazole rings is 1. The molecule has 0 saturated carbocycles. The van der Waals surface area contributed by atoms with Gasteiger partial charge in [-0.15, -0.1) is 11.3 Å². The van der Waals surface area contributed by atoms with Crippen molar-refractivity contribution in [1.29, 1.82) is 0 Å². The van der Waals surface area contributed by atoms with E-state index in [1.165, 1.54) is 15.5 Å². The van der Waals surface area contributed by atoms with Gasteiger partial charge in [-0.25, -0.2) is 4.98 Å². The number of fused-ring (bicyclic) bond motifs is 2. The zero-order valence-corrected chi connectivity index (χ0v) is 15.4. The fraction of sp³-hybridized carbons (Fsp3) is 0.182. The van der Waals surface area contributed by atoms with Crippen LogP contribution in [0.15, 0.2) is 66.7 Å². The Bertz CT molecular complexity index is 1030. The average Bonchev–Trinajstić information content (AvgIpc) is 3.09. The normalized spacial score (nSPS) is 12.3. The van der Waals surface area contributed by atoms with Crippen molar-refractivity contribution in [3.05, 3.63) is 77.3 Å². The molecule has 1 aromatic heterocycles. The minimum atomic E-state index is -0.0241. The third-order valence-electron chi connectivity index (χ3n) is 4.57. The highest BCUT2D eigenvalue weighted by Crippen LogP contribution is 2.25. The van der Waals surface area contributed by atoms with Crippen LogP contribution >= 0.6 is 11.3 Å². The lowest BCUT2D eigenvalue weighted by Gasteiger charge is -2.16. The Kier molecular flexibility index (Phi) is 4.67. The highest BCUT2D eigenvalue weighted by molar-refractivity contribution is 7.18. The van der Waals surface area contributed by atoms with Gasteiger partial charge in [-0.05, 0) is 35.4 Å². The van der Waals surface area contributed by atoms with Crippen LogP contribution in [0, 0.1) is 0 Å². The summed E-state index contributed by atoms with van der Waals surface area (Å²) in [6.07, 6.45) is 1.13. The van der Waals surface area contributed by atoms with Crippen LogP contribution in [0.3, 0.4) is 0 Å². The van der Waals surface area contributed by atoms with Gasteiger partial charge in [0.1, 0.15) is 0 Å². The van der Waals surface area contributed by atoms with E-state index < -0.39 is 0 Å². The molecule has 1 N–H and O–H groups in total. The number of benzene rings is 3. The second-order valence-electron chi connectivity index (χ2n) is 6.43. The van der Waals surface area contributed by atoms with Crippen LogP contribution < -0.4 is 5.32 Å². The first-order valence-corrected chi connectivity index (χ1v) is 9.64. The highest BCUT2D eigenvalue weighted by atomic mass is 32.1. The number of carbonyl (C=O) groups excluding carboxylic acids is 1. The molecule has 3 aromatic carbocycles. The van der Waals surface area contributed by atoms with Gasteiger partial charge >= 0.3 is 0 Å². The largest absolute Gasteiger partial charge is 0.350 e. The van der Waals surface area contributed by atoms with Crippen molar-refractivity contribution in [2.45, 2.75) is 25.8 Å². The summed E-state index contributed by atoms with van der Waals surface area (Å²) in [6, 6.07) is 22.6. The van der Waals surface area contributed by atoms with Crippen LogP contribution in [0.2, 0.25) is 0 Å². The van der Waals surface area contributed by atoms with Crippen molar-refractivity contribution >= 4 is 38.2 Å². The van der Waals surface area contributed by atoms with Gasteiger partial charge < -0.3 is 5.32 Å². The third-order valence-corrected chi connectivity index (χ3v) is 5.67. The van der Waals surface area contributed by atoms with Gasteiger partial charge in [-0.2, -0.15) is 0 Å². The first-order valence-electron chi connectivity index (χ1n) is 8.82. The van der Waals surface area contributed by atoms with Crippen LogP contribution in [0.1, 0.15) is 30.0 Å². The van der Waals surface area contributed by atoms with E-state index in [0.29, 0.717) is 12.8 Å². The Balaban J connectivity index is 1.42. The van der Waals surface area contributed by atoms with E-state index in [9.17, 15) is 4.79 Å². The van der Waals surface area contributed by atoms with Crippen LogP contribution in [0.5, 0.6) is 0 Å². The van der Waals surface area contributed by atoms with Crippen LogP contribution in [-0.2, 0) is 11.2 Å². The van der Waals surface area contributed by atoms with Crippen LogP contribution in [0.25, 0.3) is 21.0 Å². The van der Waals surface area contributed by atoms with Gasteiger partial charge in [0, 0.05) is 12.8 Å². The molecular formula is C22H20N2OS. The van der Waals surface area contributed by atoms with E-state index in [2.05, 4.69) is 40.6 Å². The molecule has 1 amide bonds. The standard InChI is InChI=1S/C22H20N2OS/c1-15(17-10-6-8-16-7-2-3-9-18(16)17)23-21(25)13-14-22-24-19-11-4-5-12-20(19)26-22/h2-12,15H,13-14H2,1H3,(H,23,25). The fourth-order valence-corrected chi connectivity index (χ4v) is 4.23. The molecule has 0 saturated heterocycles. The van der Waals surface area contributed by atoms with Gasteiger partial charge in [-0.3, -0.25) is 4.79 Å². The van der Waals surface area contributed by atoms with E-state index in [1.807, 2.05) is 43.3 Å². The van der Waals surface area contributed by atoms with Crippen molar-refractivity contribution in [3.63, 3.8) is 0 Å². The molecule has 26 heavy (non-hydrogen) atoms. The van der Waals surface area contributed by atoms with Crippen molar-refractivity contribution < 1.29 is 4.79 Å². The first kappa shape index (κ1) is 16.7. The smallest absolute Gasteiger partial charge is 0.220 e. The summed E-state index contributed by atoms with van der Waals surface area (Å²) >= 11 is 1.67. The van der Waals surface area contributed by atoms with Crippen molar-refractivity contribution in [2.75, 3.05) is 0 Å². The zero-order chi connectivity index (χ0) is 17.9. The molecule has 4 aromatic rings. The predicted octanol–water partition coefficient (Wildman–Crippen LogP) is 5.26. The minimum absolute atomic E-state index is 0.0241. The van der Waals surface area contributed by atoms with E-state index in [0.717, 1.165) is 16.1 Å². The molecule has 1 heterocycles. The number of carbonyl (C=O) groups is 1. The van der Waals surface area contributed by atoms with Gasteiger partial charge in [0.2, 0.25) is 5.91 Å². The van der Waals surface area contributed by atoms with Gasteiger partial charge in [0.25, 0.3) is 0 Å². The van der Waals surface area contributed by atoms with E-state index >= 15 is 0 Å². The lowest BCUT2D eigenvalue weighted by molar-refractivity contribution is -0.121. The van der Waals surface area contributed by atoms with Crippen LogP contribution in [0.4, 0.5) is 0 Å². The van der Waals surface area contributed by atoms with Crippen molar-refractivity contribution in [3.8, 4) is 0 Å². The number of hydrogen-bond acceptors (Lipinski definition) is 3. The van der Waals surface area contributed by atoms with Crippen molar-refractivity contribution in [1.82, 2.24) is 10.3 Å². The maximum atomic E-state index is 12.4. The van der Waals surface area contributed by atoms with E-state index in [-0.39, 0.29) is 11.9 Å². The second kappa shape index (κ2) is 7.26. The molecule has 4 heteroatoms. The first-order chi connectivity index (χ1) is 12.7. The number of amides is 1. The summed E-state index contributed by atoms with van der Waals surface area (Å²) < 4.78 is 1.17. The topological polar surface area (TPSA) is 42.0 Å². The molecule has 0 aliphatic carbocycles. The number of aryl methyl sites for hydroxylation is 1. The number of nitrogens with one attached hydrogen (secondary N) is 1. The minimum Gasteiger partial charge on any atom is -0.350 e. The Hall–Kier alpha value is -2.72. The van der Waals surface area contributed by atoms with Gasteiger partial charge in [0.05, 0.1) is 21.3 Å². The number of hydrogen-bond donors (Lipinski definition) is 1. The molecule has 0 aliphatic rings. The summed E-state index contributed by atoms with van der Waals surface area (Å²) in [4.78, 5) is 17.0. The SMILES string of the molecule is CC(NC(=O)CCc1nc2ccccc2s1)c1cccc2ccccc12. The molecule has 1 atom stereocenters. The Labute approximate surface area is 156 Å². The Morgan fingerprint density at radius 3 is 2.69 bits per heavy atom. The molecule has 130 valence electrons. The maximum absolute atomic E-state index is 12.4. The lowest BCUT2D eigenvalue weighted by Crippen LogP contribution is -2.26. The molecule has 0 spiro atoms. The summed E-state index contributed by atoms with van der Waals surface area (Å²) in [7, 11) is 0. The van der Waals surface area contributed by atoms with Gasteiger partial charge in [-0.1, -0.05) is 54.6 Å². The molecule has 4 rings (SSSR count). The molecule has 0 fully saturated rings. The van der Waals surface area contributed by atoms with E-state index in [4.69, 9.17) is 0 Å². The van der Waals surface area contributed by atoms with Crippen LogP contribution in [-0.4, -0.2) is 10.9 Å². The zero-order valence-electron chi connectivity index (χ0n) is 14.6. The molecule has 0 radical (unpaired) electrons. The number of nitrogens with zero attached hydrogens (tertiary/aromatic N) is 1. The third kappa shape index (κ3) is 3.46. The Morgan fingerprint density at radius 1 is 1.04 bits per heavy atom. The summed E-state index contributed by atoms with van der Waals surface area (Å²) in [5.74, 6) is 0.0599. The van der Waals surface area contributed by atoms with E-state index in [1.54, 1.807) is 11.3 Å². The molecule has 1 unspecified atom stereocenters. The maximum Gasteiger partial charge on any atom is 0.220 e. The lowest BCUT2D eigenvalue weighted by atomic mass is 9.99. The predicted molar refractivity (Wildman–Crippen MR) is 108 cm³/mol. The quantitative estimate of drug-likeness (QED) is 0.527. The average molecular weight is 360 g/mol. The fourth-order valence-electron chi connectivity index (χ4n) is 3.27. The molecule has 0 aliphatic heterocycles. The molecule has 3 nitrogen and oxygen atoms in total. The Morgan fingerprint density at radius 2 is 1.81 bits per heavy atom. The summed E-state index contributed by atoms with van der Waals surface area (Å²) in [5, 5.41) is 6.53. The summed E-state index contributed by atoms with van der Waals surface area (Å²) in [5.41, 5.74) is 2.16. The number of para-hydroxylation sites is 1. The number of aromatic nitrogens is 1. The highest BCUT2D eigenvalue weighted by Gasteiger charge is 2.13. The van der Waals surface area contributed by atoms with Gasteiger partial charge in [0.15, 0.2) is 0 Å². The monoisotopic (exact) mass is 360 g/mol. The summed E-state index contributed by atoms with van der Waals surface area (Å²) in [6.45, 7) is 2.04. The molecular weight excluding hydrogens is 340 g/mol. The molecule has 0 bridgehead atoms. The second-order valence-corrected chi connectivity index (χ2v) is 7.55.